The number of hydrogen-bond acceptors (Lipinski definition) is 3. The number of rotatable bonds is 5. The first kappa shape index (κ1) is 13.2. The maximum absolute atomic E-state index is 11.8. The van der Waals surface area contributed by atoms with Crippen molar-refractivity contribution in [3.8, 4) is 0 Å². The number of nitrogens with one attached hydrogen (secondary N) is 1. The predicted molar refractivity (Wildman–Crippen MR) is 63.5 cm³/mol. The van der Waals surface area contributed by atoms with Crippen LogP contribution in [-0.2, 0) is 9.59 Å². The molecule has 5 nitrogen and oxygen atoms in total. The number of carboxylic acids is 1. The highest BCUT2D eigenvalue weighted by Crippen LogP contribution is 2.14. The SMILES string of the molecule is C[C@@H](NC(=O)C(CN)c1ccccc1)C(=O)O. The number of carbonyl (C=O) groups is 2. The van der Waals surface area contributed by atoms with Crippen molar-refractivity contribution in [2.24, 2.45) is 5.73 Å². The van der Waals surface area contributed by atoms with E-state index in [0.717, 1.165) is 5.56 Å². The lowest BCUT2D eigenvalue weighted by Crippen LogP contribution is -2.42. The zero-order valence-electron chi connectivity index (χ0n) is 9.59. The van der Waals surface area contributed by atoms with Crippen molar-refractivity contribution >= 4 is 11.9 Å². The summed E-state index contributed by atoms with van der Waals surface area (Å²) in [6.07, 6.45) is 0. The fraction of sp³-hybridized carbons (Fsp3) is 0.333. The van der Waals surface area contributed by atoms with Crippen molar-refractivity contribution in [1.82, 2.24) is 5.32 Å². The highest BCUT2D eigenvalue weighted by molar-refractivity contribution is 5.88. The molecule has 0 aliphatic rings. The Balaban J connectivity index is 2.75. The number of hydrogen-bond donors (Lipinski definition) is 3. The van der Waals surface area contributed by atoms with Gasteiger partial charge in [0.25, 0.3) is 0 Å². The first-order chi connectivity index (χ1) is 8.06. The van der Waals surface area contributed by atoms with Gasteiger partial charge in [-0.05, 0) is 12.5 Å². The van der Waals surface area contributed by atoms with Gasteiger partial charge in [0, 0.05) is 6.54 Å². The van der Waals surface area contributed by atoms with Crippen molar-refractivity contribution in [2.75, 3.05) is 6.54 Å². The molecule has 17 heavy (non-hydrogen) atoms. The van der Waals surface area contributed by atoms with Crippen LogP contribution in [0.3, 0.4) is 0 Å². The minimum atomic E-state index is -1.07. The maximum Gasteiger partial charge on any atom is 0.325 e. The second kappa shape index (κ2) is 6.00. The number of carbonyl (C=O) groups excluding carboxylic acids is 1. The molecule has 0 aromatic heterocycles. The number of aliphatic carboxylic acids is 1. The van der Waals surface area contributed by atoms with E-state index in [4.69, 9.17) is 10.8 Å². The molecule has 0 saturated heterocycles. The Bertz CT molecular complexity index is 392. The van der Waals surface area contributed by atoms with Gasteiger partial charge in [0.1, 0.15) is 6.04 Å². The molecule has 0 aliphatic carbocycles. The summed E-state index contributed by atoms with van der Waals surface area (Å²) in [4.78, 5) is 22.5. The van der Waals surface area contributed by atoms with Crippen LogP contribution in [0, 0.1) is 0 Å². The summed E-state index contributed by atoms with van der Waals surface area (Å²) in [7, 11) is 0. The normalized spacial score (nSPS) is 13.8. The molecule has 0 fully saturated rings. The first-order valence-corrected chi connectivity index (χ1v) is 5.34. The summed E-state index contributed by atoms with van der Waals surface area (Å²) >= 11 is 0. The largest absolute Gasteiger partial charge is 0.480 e. The van der Waals surface area contributed by atoms with Crippen LogP contribution >= 0.6 is 0 Å². The van der Waals surface area contributed by atoms with Gasteiger partial charge in [0.05, 0.1) is 5.92 Å². The minimum Gasteiger partial charge on any atom is -0.480 e. The molecule has 1 amide bonds. The van der Waals surface area contributed by atoms with Gasteiger partial charge in [-0.3, -0.25) is 9.59 Å². The molecule has 0 saturated carbocycles. The van der Waals surface area contributed by atoms with E-state index in [-0.39, 0.29) is 12.5 Å². The molecule has 5 heteroatoms. The van der Waals surface area contributed by atoms with Crippen molar-refractivity contribution in [3.63, 3.8) is 0 Å². The lowest BCUT2D eigenvalue weighted by Gasteiger charge is -2.17. The Labute approximate surface area is 99.6 Å². The summed E-state index contributed by atoms with van der Waals surface area (Å²) in [6, 6.07) is 8.14. The van der Waals surface area contributed by atoms with Crippen LogP contribution in [0.5, 0.6) is 0 Å². The van der Waals surface area contributed by atoms with E-state index in [1.54, 1.807) is 12.1 Å². The molecule has 2 atom stereocenters. The first-order valence-electron chi connectivity index (χ1n) is 5.34. The fourth-order valence-electron chi connectivity index (χ4n) is 1.46. The van der Waals surface area contributed by atoms with E-state index < -0.39 is 17.9 Å². The third kappa shape index (κ3) is 3.57. The predicted octanol–water partition coefficient (Wildman–Crippen LogP) is 0.318. The second-order valence-corrected chi connectivity index (χ2v) is 3.77. The molecule has 1 rings (SSSR count). The van der Waals surface area contributed by atoms with E-state index in [0.29, 0.717) is 0 Å². The van der Waals surface area contributed by atoms with Crippen LogP contribution in [0.2, 0.25) is 0 Å². The summed E-state index contributed by atoms with van der Waals surface area (Å²) < 4.78 is 0. The van der Waals surface area contributed by atoms with Gasteiger partial charge >= 0.3 is 5.97 Å². The number of carboxylic acid groups (broad SMARTS) is 1. The van der Waals surface area contributed by atoms with E-state index in [2.05, 4.69) is 5.32 Å². The molecule has 0 aliphatic heterocycles. The third-order valence-electron chi connectivity index (χ3n) is 2.48. The van der Waals surface area contributed by atoms with Crippen molar-refractivity contribution < 1.29 is 14.7 Å². The summed E-state index contributed by atoms with van der Waals surface area (Å²) in [6.45, 7) is 1.56. The van der Waals surface area contributed by atoms with Crippen molar-refractivity contribution in [3.05, 3.63) is 35.9 Å². The summed E-state index contributed by atoms with van der Waals surface area (Å²) in [5.74, 6) is -1.95. The van der Waals surface area contributed by atoms with Crippen LogP contribution in [-0.4, -0.2) is 29.6 Å². The average Bonchev–Trinajstić information content (AvgIpc) is 2.31. The van der Waals surface area contributed by atoms with Crippen LogP contribution < -0.4 is 11.1 Å². The molecule has 0 bridgehead atoms. The Kier molecular flexibility index (Phi) is 4.66. The zero-order valence-corrected chi connectivity index (χ0v) is 9.59. The maximum atomic E-state index is 11.8. The molecule has 4 N–H and O–H groups in total. The molecule has 1 aromatic carbocycles. The molecule has 0 heterocycles. The Morgan fingerprint density at radius 3 is 2.41 bits per heavy atom. The van der Waals surface area contributed by atoms with E-state index in [9.17, 15) is 9.59 Å². The van der Waals surface area contributed by atoms with Gasteiger partial charge in [-0.1, -0.05) is 30.3 Å². The van der Waals surface area contributed by atoms with Gasteiger partial charge in [-0.25, -0.2) is 0 Å². The van der Waals surface area contributed by atoms with E-state index in [1.807, 2.05) is 18.2 Å². The number of amides is 1. The Hall–Kier alpha value is -1.88. The van der Waals surface area contributed by atoms with Crippen LogP contribution in [0.1, 0.15) is 18.4 Å². The highest BCUT2D eigenvalue weighted by Gasteiger charge is 2.22. The molecule has 92 valence electrons. The number of nitrogens with two attached hydrogens (primary N) is 1. The van der Waals surface area contributed by atoms with Crippen molar-refractivity contribution in [2.45, 2.75) is 18.9 Å². The molecular weight excluding hydrogens is 220 g/mol. The monoisotopic (exact) mass is 236 g/mol. The summed E-state index contributed by atoms with van der Waals surface area (Å²) in [5.41, 5.74) is 6.33. The van der Waals surface area contributed by atoms with E-state index in [1.165, 1.54) is 6.92 Å². The molecule has 1 aromatic rings. The van der Waals surface area contributed by atoms with Crippen molar-refractivity contribution in [1.29, 1.82) is 0 Å². The Morgan fingerprint density at radius 1 is 1.35 bits per heavy atom. The Morgan fingerprint density at radius 2 is 1.94 bits per heavy atom. The molecule has 1 unspecified atom stereocenters. The topological polar surface area (TPSA) is 92.4 Å². The lowest BCUT2D eigenvalue weighted by atomic mass is 9.98. The van der Waals surface area contributed by atoms with Crippen LogP contribution in [0.15, 0.2) is 30.3 Å². The number of benzene rings is 1. The highest BCUT2D eigenvalue weighted by atomic mass is 16.4. The molecule has 0 radical (unpaired) electrons. The molecular formula is C12H16N2O3. The lowest BCUT2D eigenvalue weighted by molar-refractivity contribution is -0.141. The van der Waals surface area contributed by atoms with Gasteiger partial charge in [-0.2, -0.15) is 0 Å². The van der Waals surface area contributed by atoms with Gasteiger partial charge < -0.3 is 16.2 Å². The smallest absolute Gasteiger partial charge is 0.325 e. The van der Waals surface area contributed by atoms with Gasteiger partial charge in [0.2, 0.25) is 5.91 Å². The fourth-order valence-corrected chi connectivity index (χ4v) is 1.46. The summed E-state index contributed by atoms with van der Waals surface area (Å²) in [5, 5.41) is 11.1. The average molecular weight is 236 g/mol. The third-order valence-corrected chi connectivity index (χ3v) is 2.48. The van der Waals surface area contributed by atoms with E-state index >= 15 is 0 Å². The zero-order chi connectivity index (χ0) is 12.8. The van der Waals surface area contributed by atoms with Gasteiger partial charge in [-0.15, -0.1) is 0 Å². The second-order valence-electron chi connectivity index (χ2n) is 3.77. The van der Waals surface area contributed by atoms with Crippen LogP contribution in [0.4, 0.5) is 0 Å². The molecule has 0 spiro atoms. The van der Waals surface area contributed by atoms with Crippen LogP contribution in [0.25, 0.3) is 0 Å². The quantitative estimate of drug-likeness (QED) is 0.686. The minimum absolute atomic E-state index is 0.141. The van der Waals surface area contributed by atoms with Gasteiger partial charge in [0.15, 0.2) is 0 Å². The standard InChI is InChI=1S/C12H16N2O3/c1-8(12(16)17)14-11(15)10(7-13)9-5-3-2-4-6-9/h2-6,8,10H,7,13H2,1H3,(H,14,15)(H,16,17)/t8-,10?/m1/s1.